The van der Waals surface area contributed by atoms with Crippen molar-refractivity contribution in [3.8, 4) is 11.8 Å². The molecule has 4 heteroatoms. The summed E-state index contributed by atoms with van der Waals surface area (Å²) in [5.41, 5.74) is 6.71. The highest BCUT2D eigenvalue weighted by molar-refractivity contribution is 5.94. The lowest BCUT2D eigenvalue weighted by atomic mass is 9.95. The Morgan fingerprint density at radius 3 is 3.15 bits per heavy atom. The Morgan fingerprint density at radius 2 is 2.40 bits per heavy atom. The summed E-state index contributed by atoms with van der Waals surface area (Å²) in [6, 6.07) is 1.80. The lowest BCUT2D eigenvalue weighted by molar-refractivity contribution is 0.0671. The second-order valence-electron chi connectivity index (χ2n) is 5.14. The molecule has 4 nitrogen and oxygen atoms in total. The number of hydrogen-bond acceptors (Lipinski definition) is 3. The van der Waals surface area contributed by atoms with Crippen LogP contribution in [0.4, 0.5) is 0 Å². The van der Waals surface area contributed by atoms with Crippen molar-refractivity contribution in [1.82, 2.24) is 9.88 Å². The zero-order valence-corrected chi connectivity index (χ0v) is 11.9. The van der Waals surface area contributed by atoms with Gasteiger partial charge in [-0.2, -0.15) is 0 Å². The minimum Gasteiger partial charge on any atom is -0.338 e. The van der Waals surface area contributed by atoms with Gasteiger partial charge in [0.05, 0.1) is 12.1 Å². The van der Waals surface area contributed by atoms with Crippen LogP contribution < -0.4 is 5.73 Å². The fourth-order valence-electron chi connectivity index (χ4n) is 2.54. The predicted octanol–water partition coefficient (Wildman–Crippen LogP) is 1.65. The topological polar surface area (TPSA) is 59.2 Å². The quantitative estimate of drug-likeness (QED) is 0.832. The van der Waals surface area contributed by atoms with Crippen molar-refractivity contribution in [2.75, 3.05) is 19.6 Å². The number of amides is 1. The van der Waals surface area contributed by atoms with Gasteiger partial charge >= 0.3 is 0 Å². The van der Waals surface area contributed by atoms with E-state index in [2.05, 4.69) is 23.7 Å². The maximum atomic E-state index is 12.5. The van der Waals surface area contributed by atoms with Crippen molar-refractivity contribution in [1.29, 1.82) is 0 Å². The number of carbonyl (C=O) groups is 1. The first-order valence-electron chi connectivity index (χ1n) is 7.17. The van der Waals surface area contributed by atoms with E-state index < -0.39 is 0 Å². The zero-order chi connectivity index (χ0) is 14.4. The number of carbonyl (C=O) groups excluding carboxylic acids is 1. The monoisotopic (exact) mass is 271 g/mol. The third-order valence-electron chi connectivity index (χ3n) is 3.70. The molecule has 2 rings (SSSR count). The molecule has 2 heterocycles. The Bertz CT molecular complexity index is 530. The van der Waals surface area contributed by atoms with E-state index in [9.17, 15) is 4.79 Å². The largest absolute Gasteiger partial charge is 0.338 e. The van der Waals surface area contributed by atoms with Crippen molar-refractivity contribution < 1.29 is 4.79 Å². The van der Waals surface area contributed by atoms with Crippen LogP contribution in [-0.4, -0.2) is 35.4 Å². The van der Waals surface area contributed by atoms with Gasteiger partial charge in [-0.15, -0.1) is 0 Å². The molecule has 1 aromatic rings. The molecule has 0 bridgehead atoms. The molecule has 0 saturated carbocycles. The van der Waals surface area contributed by atoms with Gasteiger partial charge in [-0.05, 0) is 24.8 Å². The van der Waals surface area contributed by atoms with Gasteiger partial charge < -0.3 is 10.6 Å². The number of piperidine rings is 1. The molecule has 106 valence electrons. The smallest absolute Gasteiger partial charge is 0.255 e. The minimum absolute atomic E-state index is 0.0621. The van der Waals surface area contributed by atoms with Crippen molar-refractivity contribution in [3.05, 3.63) is 29.6 Å². The zero-order valence-electron chi connectivity index (χ0n) is 11.9. The minimum atomic E-state index is 0.0621. The number of aromatic nitrogens is 1. The molecule has 0 aromatic carbocycles. The first kappa shape index (κ1) is 14.5. The van der Waals surface area contributed by atoms with E-state index in [0.717, 1.165) is 31.5 Å². The van der Waals surface area contributed by atoms with E-state index in [1.807, 2.05) is 4.90 Å². The highest BCUT2D eigenvalue weighted by atomic mass is 16.2. The summed E-state index contributed by atoms with van der Waals surface area (Å²) in [7, 11) is 0. The van der Waals surface area contributed by atoms with E-state index in [1.54, 1.807) is 18.5 Å². The van der Waals surface area contributed by atoms with Crippen LogP contribution in [0.2, 0.25) is 0 Å². The van der Waals surface area contributed by atoms with Gasteiger partial charge in [0.2, 0.25) is 0 Å². The molecule has 1 amide bonds. The molecule has 2 N–H and O–H groups in total. The summed E-state index contributed by atoms with van der Waals surface area (Å²) in [5.74, 6) is 6.38. The van der Waals surface area contributed by atoms with E-state index in [1.165, 1.54) is 6.42 Å². The summed E-state index contributed by atoms with van der Waals surface area (Å²) in [6.45, 7) is 4.19. The number of hydrogen-bond donors (Lipinski definition) is 1. The van der Waals surface area contributed by atoms with Crippen LogP contribution in [0.5, 0.6) is 0 Å². The van der Waals surface area contributed by atoms with Gasteiger partial charge in [0.15, 0.2) is 0 Å². The van der Waals surface area contributed by atoms with Crippen LogP contribution in [0.1, 0.15) is 42.1 Å². The van der Waals surface area contributed by atoms with Crippen LogP contribution >= 0.6 is 0 Å². The number of nitrogens with zero attached hydrogens (tertiary/aromatic N) is 2. The lowest BCUT2D eigenvalue weighted by Crippen LogP contribution is -2.39. The van der Waals surface area contributed by atoms with Gasteiger partial charge in [0.1, 0.15) is 0 Å². The second-order valence-corrected chi connectivity index (χ2v) is 5.14. The molecule has 1 aromatic heterocycles. The molecule has 1 saturated heterocycles. The van der Waals surface area contributed by atoms with Gasteiger partial charge in [-0.3, -0.25) is 9.78 Å². The fraction of sp³-hybridized carbons (Fsp3) is 0.500. The van der Waals surface area contributed by atoms with Gasteiger partial charge in [-0.1, -0.05) is 25.2 Å². The number of pyridine rings is 1. The number of nitrogens with two attached hydrogens (primary N) is 1. The summed E-state index contributed by atoms with van der Waals surface area (Å²) in [4.78, 5) is 18.5. The highest BCUT2D eigenvalue weighted by Gasteiger charge is 2.23. The van der Waals surface area contributed by atoms with E-state index >= 15 is 0 Å². The van der Waals surface area contributed by atoms with Crippen LogP contribution in [0, 0.1) is 17.8 Å². The Labute approximate surface area is 120 Å². The third kappa shape index (κ3) is 3.58. The molecule has 0 radical (unpaired) electrons. The molecule has 0 spiro atoms. The first-order chi connectivity index (χ1) is 9.74. The number of likely N-dealkylation sites (tertiary alicyclic amines) is 1. The molecule has 20 heavy (non-hydrogen) atoms. The van der Waals surface area contributed by atoms with Crippen LogP contribution in [0.15, 0.2) is 18.5 Å². The van der Waals surface area contributed by atoms with Crippen molar-refractivity contribution in [3.63, 3.8) is 0 Å². The SMILES string of the molecule is CCC1CCCN(C(=O)c2cncc(C#CCN)c2)C1. The van der Waals surface area contributed by atoms with Crippen molar-refractivity contribution in [2.24, 2.45) is 11.7 Å². The van der Waals surface area contributed by atoms with Crippen LogP contribution in [0.25, 0.3) is 0 Å². The van der Waals surface area contributed by atoms with Crippen LogP contribution in [0.3, 0.4) is 0 Å². The molecular weight excluding hydrogens is 250 g/mol. The summed E-state index contributed by atoms with van der Waals surface area (Å²) >= 11 is 0. The maximum Gasteiger partial charge on any atom is 0.255 e. The maximum absolute atomic E-state index is 12.5. The Hall–Kier alpha value is -1.86. The van der Waals surface area contributed by atoms with Gasteiger partial charge in [-0.25, -0.2) is 0 Å². The molecule has 1 unspecified atom stereocenters. The lowest BCUT2D eigenvalue weighted by Gasteiger charge is -2.32. The summed E-state index contributed by atoms with van der Waals surface area (Å²) in [6.07, 6.45) is 6.71. The van der Waals surface area contributed by atoms with Crippen LogP contribution in [-0.2, 0) is 0 Å². The molecule has 1 fully saturated rings. The summed E-state index contributed by atoms with van der Waals surface area (Å²) in [5, 5.41) is 0. The van der Waals surface area contributed by atoms with E-state index in [4.69, 9.17) is 5.73 Å². The number of rotatable bonds is 2. The molecular formula is C16H21N3O. The average molecular weight is 271 g/mol. The van der Waals surface area contributed by atoms with Gasteiger partial charge in [0, 0.05) is 31.0 Å². The van der Waals surface area contributed by atoms with Crippen molar-refractivity contribution >= 4 is 5.91 Å². The second kappa shape index (κ2) is 7.06. The third-order valence-corrected chi connectivity index (χ3v) is 3.70. The molecule has 1 atom stereocenters. The fourth-order valence-corrected chi connectivity index (χ4v) is 2.54. The van der Waals surface area contributed by atoms with E-state index in [0.29, 0.717) is 18.0 Å². The Balaban J connectivity index is 2.12. The predicted molar refractivity (Wildman–Crippen MR) is 79.1 cm³/mol. The molecule has 1 aliphatic heterocycles. The van der Waals surface area contributed by atoms with Crippen molar-refractivity contribution in [2.45, 2.75) is 26.2 Å². The first-order valence-corrected chi connectivity index (χ1v) is 7.17. The highest BCUT2D eigenvalue weighted by Crippen LogP contribution is 2.20. The Morgan fingerprint density at radius 1 is 1.55 bits per heavy atom. The average Bonchev–Trinajstić information content (AvgIpc) is 2.52. The molecule has 0 aliphatic carbocycles. The Kier molecular flexibility index (Phi) is 5.14. The standard InChI is InChI=1S/C16H21N3O/c1-2-13-6-4-8-19(12-13)16(20)15-9-14(5-3-7-17)10-18-11-15/h9-11,13H,2,4,6-8,12,17H2,1H3. The van der Waals surface area contributed by atoms with Gasteiger partial charge in [0.25, 0.3) is 5.91 Å². The summed E-state index contributed by atoms with van der Waals surface area (Å²) < 4.78 is 0. The van der Waals surface area contributed by atoms with E-state index in [-0.39, 0.29) is 5.91 Å². The normalized spacial score (nSPS) is 18.3. The molecule has 1 aliphatic rings.